The van der Waals surface area contributed by atoms with Crippen LogP contribution in [0.2, 0.25) is 0 Å². The zero-order valence-corrected chi connectivity index (χ0v) is 12.0. The third kappa shape index (κ3) is 3.38. The first-order valence-corrected chi connectivity index (χ1v) is 6.80. The van der Waals surface area contributed by atoms with Gasteiger partial charge in [0.1, 0.15) is 0 Å². The smallest absolute Gasteiger partial charge is 0.254 e. The van der Waals surface area contributed by atoms with E-state index in [1.54, 1.807) is 0 Å². The first-order chi connectivity index (χ1) is 9.60. The number of aryl methyl sites for hydroxylation is 1. The van der Waals surface area contributed by atoms with Crippen molar-refractivity contribution in [2.75, 3.05) is 12.3 Å². The normalized spacial score (nSPS) is 10.3. The molecule has 0 aliphatic heterocycles. The monoisotopic (exact) mass is 268 g/mol. The highest BCUT2D eigenvalue weighted by molar-refractivity contribution is 5.94. The summed E-state index contributed by atoms with van der Waals surface area (Å²) in [7, 11) is 0. The summed E-state index contributed by atoms with van der Waals surface area (Å²) < 4.78 is 0. The Morgan fingerprint density at radius 2 is 1.85 bits per heavy atom. The fraction of sp³-hybridized carbons (Fsp3) is 0.235. The van der Waals surface area contributed by atoms with E-state index in [1.165, 1.54) is 0 Å². The molecular weight excluding hydrogens is 248 g/mol. The van der Waals surface area contributed by atoms with Gasteiger partial charge in [-0.05, 0) is 43.7 Å². The topological polar surface area (TPSA) is 46.3 Å². The van der Waals surface area contributed by atoms with Crippen molar-refractivity contribution < 1.29 is 4.79 Å². The number of nitrogens with two attached hydrogens (primary N) is 1. The molecule has 2 aromatic rings. The first kappa shape index (κ1) is 14.1. The lowest BCUT2D eigenvalue weighted by Crippen LogP contribution is -2.30. The predicted molar refractivity (Wildman–Crippen MR) is 82.4 cm³/mol. The molecule has 2 aromatic carbocycles. The van der Waals surface area contributed by atoms with Crippen LogP contribution < -0.4 is 5.73 Å². The highest BCUT2D eigenvalue weighted by Crippen LogP contribution is 2.13. The van der Waals surface area contributed by atoms with Gasteiger partial charge >= 0.3 is 0 Å². The van der Waals surface area contributed by atoms with Crippen LogP contribution in [0.15, 0.2) is 48.5 Å². The number of nitrogen functional groups attached to an aromatic ring is 1. The van der Waals surface area contributed by atoms with E-state index in [9.17, 15) is 4.79 Å². The van der Waals surface area contributed by atoms with Gasteiger partial charge in [-0.3, -0.25) is 4.79 Å². The third-order valence-electron chi connectivity index (χ3n) is 3.29. The number of nitrogens with zero attached hydrogens (tertiary/aromatic N) is 1. The Morgan fingerprint density at radius 1 is 1.15 bits per heavy atom. The van der Waals surface area contributed by atoms with Gasteiger partial charge in [0, 0.05) is 24.3 Å². The second-order valence-corrected chi connectivity index (χ2v) is 4.93. The third-order valence-corrected chi connectivity index (χ3v) is 3.29. The molecule has 104 valence electrons. The number of benzene rings is 2. The van der Waals surface area contributed by atoms with Gasteiger partial charge in [-0.15, -0.1) is 0 Å². The van der Waals surface area contributed by atoms with E-state index in [2.05, 4.69) is 0 Å². The summed E-state index contributed by atoms with van der Waals surface area (Å²) in [6, 6.07) is 15.3. The summed E-state index contributed by atoms with van der Waals surface area (Å²) in [6.45, 7) is 5.24. The number of rotatable bonds is 4. The molecule has 0 heterocycles. The van der Waals surface area contributed by atoms with Crippen LogP contribution in [0.1, 0.15) is 28.4 Å². The van der Waals surface area contributed by atoms with Crippen molar-refractivity contribution in [3.63, 3.8) is 0 Å². The second-order valence-electron chi connectivity index (χ2n) is 4.93. The lowest BCUT2D eigenvalue weighted by molar-refractivity contribution is 0.0752. The minimum atomic E-state index is 0.0509. The molecule has 20 heavy (non-hydrogen) atoms. The van der Waals surface area contributed by atoms with E-state index in [-0.39, 0.29) is 5.91 Å². The lowest BCUT2D eigenvalue weighted by Gasteiger charge is -2.21. The zero-order valence-electron chi connectivity index (χ0n) is 12.0. The van der Waals surface area contributed by atoms with Crippen molar-refractivity contribution >= 4 is 11.6 Å². The van der Waals surface area contributed by atoms with Crippen LogP contribution in [-0.4, -0.2) is 17.4 Å². The fourth-order valence-corrected chi connectivity index (χ4v) is 2.12. The molecule has 0 aromatic heterocycles. The molecule has 0 spiro atoms. The van der Waals surface area contributed by atoms with Gasteiger partial charge < -0.3 is 10.6 Å². The number of hydrogen-bond acceptors (Lipinski definition) is 2. The van der Waals surface area contributed by atoms with Crippen molar-refractivity contribution in [3.05, 3.63) is 65.2 Å². The Hall–Kier alpha value is -2.29. The van der Waals surface area contributed by atoms with E-state index in [4.69, 9.17) is 5.73 Å². The van der Waals surface area contributed by atoms with Crippen LogP contribution in [0, 0.1) is 6.92 Å². The summed E-state index contributed by atoms with van der Waals surface area (Å²) in [6.07, 6.45) is 0. The molecule has 2 N–H and O–H groups in total. The largest absolute Gasteiger partial charge is 0.399 e. The van der Waals surface area contributed by atoms with Crippen LogP contribution >= 0.6 is 0 Å². The number of carbonyl (C=O) groups is 1. The molecule has 2 rings (SSSR count). The van der Waals surface area contributed by atoms with Crippen molar-refractivity contribution in [3.8, 4) is 0 Å². The molecule has 3 nitrogen and oxygen atoms in total. The van der Waals surface area contributed by atoms with Gasteiger partial charge in [0.2, 0.25) is 0 Å². The molecule has 0 atom stereocenters. The Balaban J connectivity index is 2.15. The fourth-order valence-electron chi connectivity index (χ4n) is 2.12. The Kier molecular flexibility index (Phi) is 4.41. The number of hydrogen-bond donors (Lipinski definition) is 1. The van der Waals surface area contributed by atoms with E-state index < -0.39 is 0 Å². The van der Waals surface area contributed by atoms with Crippen molar-refractivity contribution in [2.24, 2.45) is 0 Å². The summed E-state index contributed by atoms with van der Waals surface area (Å²) in [5, 5.41) is 0. The standard InChI is InChI=1S/C17H20N2O/c1-3-19(12-14-5-4-6-16(18)11-14)17(20)15-9-7-13(2)8-10-15/h4-11H,3,12,18H2,1-2H3. The molecule has 0 bridgehead atoms. The summed E-state index contributed by atoms with van der Waals surface area (Å²) in [5.74, 6) is 0.0509. The van der Waals surface area contributed by atoms with Gasteiger partial charge in [0.05, 0.1) is 0 Å². The van der Waals surface area contributed by atoms with E-state index in [0.717, 1.165) is 22.4 Å². The molecular formula is C17H20N2O. The van der Waals surface area contributed by atoms with Crippen molar-refractivity contribution in [2.45, 2.75) is 20.4 Å². The quantitative estimate of drug-likeness (QED) is 0.865. The molecule has 0 unspecified atom stereocenters. The first-order valence-electron chi connectivity index (χ1n) is 6.80. The van der Waals surface area contributed by atoms with Crippen LogP contribution in [0.3, 0.4) is 0 Å². The lowest BCUT2D eigenvalue weighted by atomic mass is 10.1. The Labute approximate surface area is 120 Å². The molecule has 0 saturated heterocycles. The van der Waals surface area contributed by atoms with Crippen LogP contribution in [0.5, 0.6) is 0 Å². The molecule has 0 aliphatic rings. The van der Waals surface area contributed by atoms with Crippen LogP contribution in [-0.2, 0) is 6.54 Å². The highest BCUT2D eigenvalue weighted by atomic mass is 16.2. The number of anilines is 1. The molecule has 0 radical (unpaired) electrons. The molecule has 1 amide bonds. The van der Waals surface area contributed by atoms with E-state index in [0.29, 0.717) is 13.1 Å². The Bertz CT molecular complexity index is 590. The molecule has 0 aliphatic carbocycles. The second kappa shape index (κ2) is 6.24. The summed E-state index contributed by atoms with van der Waals surface area (Å²) >= 11 is 0. The maximum Gasteiger partial charge on any atom is 0.254 e. The van der Waals surface area contributed by atoms with Gasteiger partial charge in [0.15, 0.2) is 0 Å². The molecule has 3 heteroatoms. The molecule has 0 saturated carbocycles. The maximum atomic E-state index is 12.5. The van der Waals surface area contributed by atoms with Gasteiger partial charge in [0.25, 0.3) is 5.91 Å². The van der Waals surface area contributed by atoms with Crippen LogP contribution in [0.4, 0.5) is 5.69 Å². The maximum absolute atomic E-state index is 12.5. The average molecular weight is 268 g/mol. The minimum absolute atomic E-state index is 0.0509. The SMILES string of the molecule is CCN(Cc1cccc(N)c1)C(=O)c1ccc(C)cc1. The van der Waals surface area contributed by atoms with E-state index >= 15 is 0 Å². The van der Waals surface area contributed by atoms with Crippen molar-refractivity contribution in [1.82, 2.24) is 4.90 Å². The average Bonchev–Trinajstić information content (AvgIpc) is 2.45. The predicted octanol–water partition coefficient (Wildman–Crippen LogP) is 3.24. The summed E-state index contributed by atoms with van der Waals surface area (Å²) in [5.41, 5.74) is 9.42. The zero-order chi connectivity index (χ0) is 14.5. The minimum Gasteiger partial charge on any atom is -0.399 e. The van der Waals surface area contributed by atoms with Gasteiger partial charge in [-0.2, -0.15) is 0 Å². The number of carbonyl (C=O) groups excluding carboxylic acids is 1. The van der Waals surface area contributed by atoms with E-state index in [1.807, 2.05) is 67.3 Å². The van der Waals surface area contributed by atoms with Crippen molar-refractivity contribution in [1.29, 1.82) is 0 Å². The van der Waals surface area contributed by atoms with Gasteiger partial charge in [-0.1, -0.05) is 29.8 Å². The van der Waals surface area contributed by atoms with Gasteiger partial charge in [-0.25, -0.2) is 0 Å². The Morgan fingerprint density at radius 3 is 2.45 bits per heavy atom. The van der Waals surface area contributed by atoms with Crippen LogP contribution in [0.25, 0.3) is 0 Å². The number of amides is 1. The molecule has 0 fully saturated rings. The highest BCUT2D eigenvalue weighted by Gasteiger charge is 2.14. The summed E-state index contributed by atoms with van der Waals surface area (Å²) in [4.78, 5) is 14.3.